The van der Waals surface area contributed by atoms with Crippen molar-refractivity contribution in [1.29, 1.82) is 0 Å². The number of benzene rings is 3. The van der Waals surface area contributed by atoms with E-state index in [0.717, 1.165) is 21.0 Å². The number of nitrogens with zero attached hydrogens (tertiary/aromatic N) is 2. The fraction of sp³-hybridized carbons (Fsp3) is 0.259. The van der Waals surface area contributed by atoms with Gasteiger partial charge in [-0.15, -0.1) is 0 Å². The van der Waals surface area contributed by atoms with Crippen LogP contribution in [0, 0.1) is 13.8 Å². The Morgan fingerprint density at radius 3 is 1.94 bits per heavy atom. The number of hydrogen-bond acceptors (Lipinski definition) is 4. The van der Waals surface area contributed by atoms with Crippen molar-refractivity contribution in [3.05, 3.63) is 94.5 Å². The van der Waals surface area contributed by atoms with Gasteiger partial charge >= 0.3 is 0 Å². The van der Waals surface area contributed by atoms with E-state index >= 15 is 0 Å². The largest absolute Gasteiger partial charge is 0.357 e. The summed E-state index contributed by atoms with van der Waals surface area (Å²) in [6, 6.07) is 19.5. The summed E-state index contributed by atoms with van der Waals surface area (Å²) in [4.78, 5) is 27.6. The third-order valence-corrected chi connectivity index (χ3v) is 7.93. The molecule has 9 heteroatoms. The topological polar surface area (TPSA) is 86.8 Å². The minimum Gasteiger partial charge on any atom is -0.357 e. The van der Waals surface area contributed by atoms with Gasteiger partial charge in [-0.3, -0.25) is 13.9 Å². The van der Waals surface area contributed by atoms with Gasteiger partial charge in [0.25, 0.3) is 10.0 Å². The van der Waals surface area contributed by atoms with Crippen molar-refractivity contribution in [3.8, 4) is 0 Å². The average molecular weight is 528 g/mol. The van der Waals surface area contributed by atoms with Crippen molar-refractivity contribution in [3.63, 3.8) is 0 Å². The van der Waals surface area contributed by atoms with E-state index in [1.54, 1.807) is 67.6 Å². The maximum atomic E-state index is 13.7. The van der Waals surface area contributed by atoms with E-state index in [0.29, 0.717) is 10.7 Å². The van der Waals surface area contributed by atoms with Gasteiger partial charge in [-0.2, -0.15) is 0 Å². The summed E-state index contributed by atoms with van der Waals surface area (Å²) < 4.78 is 28.5. The van der Waals surface area contributed by atoms with Gasteiger partial charge in [-0.25, -0.2) is 8.42 Å². The molecule has 0 aromatic heterocycles. The van der Waals surface area contributed by atoms with E-state index in [9.17, 15) is 18.0 Å². The summed E-state index contributed by atoms with van der Waals surface area (Å²) >= 11 is 5.99. The predicted octanol–water partition coefficient (Wildman–Crippen LogP) is 4.32. The van der Waals surface area contributed by atoms with Gasteiger partial charge < -0.3 is 10.2 Å². The van der Waals surface area contributed by atoms with Crippen LogP contribution in [-0.2, 0) is 26.2 Å². The molecule has 0 aliphatic heterocycles. The molecule has 36 heavy (non-hydrogen) atoms. The molecule has 0 heterocycles. The summed E-state index contributed by atoms with van der Waals surface area (Å²) in [6.07, 6.45) is 0. The highest BCUT2D eigenvalue weighted by atomic mass is 35.5. The first-order chi connectivity index (χ1) is 17.0. The Hall–Kier alpha value is -3.36. The normalized spacial score (nSPS) is 12.0. The molecule has 3 rings (SSSR count). The van der Waals surface area contributed by atoms with Crippen molar-refractivity contribution in [2.24, 2.45) is 0 Å². The Kier molecular flexibility index (Phi) is 8.76. The van der Waals surface area contributed by atoms with Gasteiger partial charge in [-0.05, 0) is 62.7 Å². The Bertz CT molecular complexity index is 1310. The van der Waals surface area contributed by atoms with Crippen molar-refractivity contribution in [1.82, 2.24) is 10.2 Å². The van der Waals surface area contributed by atoms with Crippen LogP contribution in [0.1, 0.15) is 23.6 Å². The average Bonchev–Trinajstić information content (AvgIpc) is 2.86. The van der Waals surface area contributed by atoms with Crippen LogP contribution in [0.25, 0.3) is 0 Å². The predicted molar refractivity (Wildman–Crippen MR) is 142 cm³/mol. The second-order valence-corrected chi connectivity index (χ2v) is 10.9. The number of anilines is 1. The molecule has 0 aliphatic carbocycles. The minimum atomic E-state index is -4.07. The molecule has 0 unspecified atom stereocenters. The maximum absolute atomic E-state index is 13.7. The maximum Gasteiger partial charge on any atom is 0.264 e. The molecular weight excluding hydrogens is 498 g/mol. The van der Waals surface area contributed by atoms with Crippen molar-refractivity contribution >= 4 is 39.1 Å². The smallest absolute Gasteiger partial charge is 0.264 e. The molecule has 2 amide bonds. The van der Waals surface area contributed by atoms with Crippen LogP contribution >= 0.6 is 11.6 Å². The third kappa shape index (κ3) is 6.44. The van der Waals surface area contributed by atoms with E-state index in [2.05, 4.69) is 5.32 Å². The molecule has 0 aliphatic rings. The highest BCUT2D eigenvalue weighted by molar-refractivity contribution is 7.92. The molecule has 0 bridgehead atoms. The lowest BCUT2D eigenvalue weighted by Crippen LogP contribution is -2.50. The minimum absolute atomic E-state index is 0.0741. The van der Waals surface area contributed by atoms with Gasteiger partial charge in [0.2, 0.25) is 11.8 Å². The number of aryl methyl sites for hydroxylation is 2. The standard InChI is InChI=1S/C27H30ClN3O4S/c1-19-5-13-24(14-6-19)31(36(34,35)25-15-7-20(2)8-16-25)18-26(32)30(21(3)27(33)29-4)17-22-9-11-23(28)12-10-22/h5-16,21H,17-18H2,1-4H3,(H,29,33)/t21-/m0/s1. The van der Waals surface area contributed by atoms with E-state index in [1.165, 1.54) is 24.1 Å². The number of nitrogens with one attached hydrogen (secondary N) is 1. The number of carbonyl (C=O) groups is 2. The zero-order chi connectivity index (χ0) is 26.5. The zero-order valence-corrected chi connectivity index (χ0v) is 22.3. The fourth-order valence-corrected chi connectivity index (χ4v) is 5.20. The second kappa shape index (κ2) is 11.6. The van der Waals surface area contributed by atoms with Crippen LogP contribution < -0.4 is 9.62 Å². The van der Waals surface area contributed by atoms with E-state index in [-0.39, 0.29) is 17.3 Å². The summed E-state index contributed by atoms with van der Waals surface area (Å²) in [7, 11) is -2.58. The monoisotopic (exact) mass is 527 g/mol. The highest BCUT2D eigenvalue weighted by Crippen LogP contribution is 2.25. The summed E-state index contributed by atoms with van der Waals surface area (Å²) in [5.41, 5.74) is 2.98. The van der Waals surface area contributed by atoms with E-state index < -0.39 is 28.5 Å². The van der Waals surface area contributed by atoms with Crippen LogP contribution in [-0.4, -0.2) is 44.8 Å². The van der Waals surface area contributed by atoms with Gasteiger partial charge in [0.05, 0.1) is 10.6 Å². The number of likely N-dealkylation sites (N-methyl/N-ethyl adjacent to an activating group) is 1. The Morgan fingerprint density at radius 2 is 1.42 bits per heavy atom. The van der Waals surface area contributed by atoms with Crippen LogP contribution in [0.3, 0.4) is 0 Å². The van der Waals surface area contributed by atoms with Crippen molar-refractivity contribution < 1.29 is 18.0 Å². The van der Waals surface area contributed by atoms with Crippen LogP contribution in [0.4, 0.5) is 5.69 Å². The molecule has 0 saturated heterocycles. The second-order valence-electron chi connectivity index (χ2n) is 8.60. The molecule has 0 radical (unpaired) electrons. The summed E-state index contributed by atoms with van der Waals surface area (Å²) in [5, 5.41) is 3.11. The van der Waals surface area contributed by atoms with Crippen LogP contribution in [0.5, 0.6) is 0 Å². The number of amides is 2. The molecule has 190 valence electrons. The number of sulfonamides is 1. The first-order valence-corrected chi connectivity index (χ1v) is 13.3. The Labute approximate surface area is 217 Å². The van der Waals surface area contributed by atoms with Gasteiger partial charge in [0, 0.05) is 18.6 Å². The first kappa shape index (κ1) is 27.2. The Morgan fingerprint density at radius 1 is 0.889 bits per heavy atom. The number of rotatable bonds is 9. The summed E-state index contributed by atoms with van der Waals surface area (Å²) in [6.45, 7) is 5.00. The SMILES string of the molecule is CNC(=O)[C@H](C)N(Cc1ccc(Cl)cc1)C(=O)CN(c1ccc(C)cc1)S(=O)(=O)c1ccc(C)cc1. The Balaban J connectivity index is 2.01. The molecule has 1 N–H and O–H groups in total. The van der Waals surface area contributed by atoms with E-state index in [4.69, 9.17) is 11.6 Å². The van der Waals surface area contributed by atoms with Crippen LogP contribution in [0.15, 0.2) is 77.7 Å². The van der Waals surface area contributed by atoms with Gasteiger partial charge in [0.15, 0.2) is 0 Å². The van der Waals surface area contributed by atoms with Gasteiger partial charge in [0.1, 0.15) is 12.6 Å². The lowest BCUT2D eigenvalue weighted by Gasteiger charge is -2.31. The summed E-state index contributed by atoms with van der Waals surface area (Å²) in [5.74, 6) is -0.877. The molecular formula is C27H30ClN3O4S. The lowest BCUT2D eigenvalue weighted by atomic mass is 10.1. The first-order valence-electron chi connectivity index (χ1n) is 11.4. The lowest BCUT2D eigenvalue weighted by molar-refractivity contribution is -0.139. The number of carbonyl (C=O) groups excluding carboxylic acids is 2. The van der Waals surface area contributed by atoms with Crippen molar-refractivity contribution in [2.45, 2.75) is 38.3 Å². The molecule has 1 atom stereocenters. The number of halogens is 1. The quantitative estimate of drug-likeness (QED) is 0.449. The molecule has 0 saturated carbocycles. The number of hydrogen-bond donors (Lipinski definition) is 1. The molecule has 0 spiro atoms. The van der Waals surface area contributed by atoms with Gasteiger partial charge in [-0.1, -0.05) is 59.1 Å². The zero-order valence-electron chi connectivity index (χ0n) is 20.7. The van der Waals surface area contributed by atoms with Crippen LogP contribution in [0.2, 0.25) is 5.02 Å². The molecule has 3 aromatic carbocycles. The molecule has 3 aromatic rings. The molecule has 7 nitrogen and oxygen atoms in total. The fourth-order valence-electron chi connectivity index (χ4n) is 3.66. The third-order valence-electron chi connectivity index (χ3n) is 5.89. The van der Waals surface area contributed by atoms with Crippen molar-refractivity contribution in [2.75, 3.05) is 17.9 Å². The highest BCUT2D eigenvalue weighted by Gasteiger charge is 2.32. The molecule has 0 fully saturated rings. The van der Waals surface area contributed by atoms with E-state index in [1.807, 2.05) is 13.8 Å².